The van der Waals surface area contributed by atoms with Gasteiger partial charge in [0.2, 0.25) is 5.91 Å². The van der Waals surface area contributed by atoms with Gasteiger partial charge in [0.15, 0.2) is 5.82 Å². The van der Waals surface area contributed by atoms with Crippen LogP contribution in [-0.4, -0.2) is 57.8 Å². The predicted octanol–water partition coefficient (Wildman–Crippen LogP) is 6.85. The molecular formula is C36H43ClN6O4. The van der Waals surface area contributed by atoms with E-state index in [1.54, 1.807) is 7.11 Å². The second-order valence-electron chi connectivity index (χ2n) is 12.9. The highest BCUT2D eigenvalue weighted by Crippen LogP contribution is 2.35. The summed E-state index contributed by atoms with van der Waals surface area (Å²) in [5.74, 6) is 2.44. The van der Waals surface area contributed by atoms with Crippen LogP contribution in [0.4, 0.5) is 5.69 Å². The molecule has 10 nitrogen and oxygen atoms in total. The number of nitrogens with one attached hydrogen (secondary N) is 1. The smallest absolute Gasteiger partial charge is 0.227 e. The lowest BCUT2D eigenvalue weighted by Gasteiger charge is -2.30. The number of ether oxygens (including phenoxy) is 3. The number of aryl methyl sites for hydroxylation is 1. The van der Waals surface area contributed by atoms with E-state index < -0.39 is 11.6 Å². The molecule has 3 N–H and O–H groups in total. The lowest BCUT2D eigenvalue weighted by molar-refractivity contribution is -0.116. The Morgan fingerprint density at radius 1 is 0.957 bits per heavy atom. The van der Waals surface area contributed by atoms with Gasteiger partial charge < -0.3 is 25.3 Å². The molecule has 1 aliphatic rings. The van der Waals surface area contributed by atoms with E-state index in [-0.39, 0.29) is 17.9 Å². The summed E-state index contributed by atoms with van der Waals surface area (Å²) in [5, 5.41) is 12.5. The van der Waals surface area contributed by atoms with Crippen molar-refractivity contribution in [1.29, 1.82) is 0 Å². The summed E-state index contributed by atoms with van der Waals surface area (Å²) in [6.45, 7) is 11.2. The number of carbonyl (C=O) groups excluding carboxylic acids is 1. The summed E-state index contributed by atoms with van der Waals surface area (Å²) in [6, 6.07) is 20.0. The fourth-order valence-corrected chi connectivity index (χ4v) is 5.66. The number of nitrogens with zero attached hydrogens (tertiary/aromatic N) is 4. The summed E-state index contributed by atoms with van der Waals surface area (Å²) < 4.78 is 19.8. The second-order valence-corrected chi connectivity index (χ2v) is 13.3. The van der Waals surface area contributed by atoms with Crippen LogP contribution < -0.4 is 20.5 Å². The molecule has 3 aromatic carbocycles. The number of hydrogen-bond donors (Lipinski definition) is 2. The quantitative estimate of drug-likeness (QED) is 0.161. The molecule has 0 fully saturated rings. The lowest BCUT2D eigenvalue weighted by atomic mass is 10.00. The molecule has 0 radical (unpaired) electrons. The molecule has 248 valence electrons. The fraction of sp³-hybridized carbons (Fsp3) is 0.389. The van der Waals surface area contributed by atoms with Gasteiger partial charge in [0.1, 0.15) is 29.0 Å². The maximum Gasteiger partial charge on any atom is 0.227 e. The van der Waals surface area contributed by atoms with E-state index in [0.717, 1.165) is 23.2 Å². The number of methoxy groups -OCH3 is 1. The number of halogens is 1. The average molecular weight is 659 g/mol. The summed E-state index contributed by atoms with van der Waals surface area (Å²) in [7, 11) is 1.63. The first-order valence-electron chi connectivity index (χ1n) is 15.8. The molecule has 1 aromatic heterocycles. The summed E-state index contributed by atoms with van der Waals surface area (Å²) in [5.41, 5.74) is 8.88. The van der Waals surface area contributed by atoms with Gasteiger partial charge in [-0.2, -0.15) is 0 Å². The Balaban J connectivity index is 1.33. The number of anilines is 1. The SMILES string of the molecule is COc1ccc2c(c1)C(c1ccc(Cl)cc1)=N[C@@H](CC(=O)Nc1ccc(OC(C)(C)CCOC(C)(C)CCN)cc1)c1nnc(C)n1-2. The topological polar surface area (TPSA) is 126 Å². The van der Waals surface area contributed by atoms with Crippen LogP contribution in [0.2, 0.25) is 5.02 Å². The van der Waals surface area contributed by atoms with Crippen LogP contribution in [0.15, 0.2) is 71.7 Å². The zero-order valence-electron chi connectivity index (χ0n) is 27.8. The van der Waals surface area contributed by atoms with E-state index in [2.05, 4.69) is 15.5 Å². The number of aliphatic imine (C=N–C) groups is 1. The molecule has 0 saturated carbocycles. The van der Waals surface area contributed by atoms with Crippen LogP contribution in [0.25, 0.3) is 5.69 Å². The Kier molecular flexibility index (Phi) is 10.3. The van der Waals surface area contributed by atoms with E-state index in [9.17, 15) is 4.79 Å². The number of rotatable bonds is 13. The van der Waals surface area contributed by atoms with Gasteiger partial charge in [0.25, 0.3) is 0 Å². The Bertz CT molecular complexity index is 1730. The van der Waals surface area contributed by atoms with E-state index in [1.165, 1.54) is 0 Å². The third kappa shape index (κ3) is 8.38. The minimum atomic E-state index is -0.610. The molecular weight excluding hydrogens is 616 g/mol. The monoisotopic (exact) mass is 658 g/mol. The van der Waals surface area contributed by atoms with E-state index >= 15 is 0 Å². The maximum absolute atomic E-state index is 13.5. The van der Waals surface area contributed by atoms with Gasteiger partial charge in [0.05, 0.1) is 37.1 Å². The minimum Gasteiger partial charge on any atom is -0.497 e. The minimum absolute atomic E-state index is 0.0478. The average Bonchev–Trinajstić information content (AvgIpc) is 3.34. The molecule has 0 saturated heterocycles. The van der Waals surface area contributed by atoms with Gasteiger partial charge in [-0.05, 0) is 102 Å². The Morgan fingerprint density at radius 3 is 2.34 bits per heavy atom. The van der Waals surface area contributed by atoms with Crippen molar-refractivity contribution in [2.24, 2.45) is 10.7 Å². The van der Waals surface area contributed by atoms with Crippen LogP contribution in [0.3, 0.4) is 0 Å². The lowest BCUT2D eigenvalue weighted by Crippen LogP contribution is -2.33. The van der Waals surface area contributed by atoms with Crippen molar-refractivity contribution in [2.45, 2.75) is 71.1 Å². The number of fused-ring (bicyclic) bond motifs is 3. The van der Waals surface area contributed by atoms with Crippen LogP contribution in [0, 0.1) is 6.92 Å². The van der Waals surface area contributed by atoms with E-state index in [1.807, 2.05) is 106 Å². The Labute approximate surface area is 281 Å². The van der Waals surface area contributed by atoms with Gasteiger partial charge in [0, 0.05) is 28.3 Å². The second kappa shape index (κ2) is 14.3. The number of hydrogen-bond acceptors (Lipinski definition) is 8. The molecule has 11 heteroatoms. The molecule has 0 unspecified atom stereocenters. The van der Waals surface area contributed by atoms with Gasteiger partial charge in [-0.15, -0.1) is 10.2 Å². The van der Waals surface area contributed by atoms with Crippen molar-refractivity contribution in [1.82, 2.24) is 14.8 Å². The molecule has 0 spiro atoms. The summed E-state index contributed by atoms with van der Waals surface area (Å²) in [4.78, 5) is 18.6. The van der Waals surface area contributed by atoms with Gasteiger partial charge in [-0.3, -0.25) is 14.4 Å². The maximum atomic E-state index is 13.5. The number of amides is 1. The summed E-state index contributed by atoms with van der Waals surface area (Å²) >= 11 is 6.22. The van der Waals surface area contributed by atoms with Crippen LogP contribution in [0.1, 0.15) is 75.8 Å². The fourth-order valence-electron chi connectivity index (χ4n) is 5.53. The van der Waals surface area contributed by atoms with E-state index in [4.69, 9.17) is 36.5 Å². The van der Waals surface area contributed by atoms with Gasteiger partial charge in [-0.25, -0.2) is 0 Å². The van der Waals surface area contributed by atoms with Crippen LogP contribution in [-0.2, 0) is 9.53 Å². The zero-order valence-corrected chi connectivity index (χ0v) is 28.6. The third-order valence-corrected chi connectivity index (χ3v) is 8.36. The Morgan fingerprint density at radius 2 is 1.66 bits per heavy atom. The van der Waals surface area contributed by atoms with E-state index in [0.29, 0.717) is 59.1 Å². The zero-order chi connectivity index (χ0) is 33.8. The van der Waals surface area contributed by atoms with Crippen molar-refractivity contribution in [2.75, 3.05) is 25.6 Å². The van der Waals surface area contributed by atoms with Crippen LogP contribution in [0.5, 0.6) is 11.5 Å². The summed E-state index contributed by atoms with van der Waals surface area (Å²) in [6.07, 6.45) is 1.55. The molecule has 1 atom stereocenters. The van der Waals surface area contributed by atoms with Crippen molar-refractivity contribution in [3.8, 4) is 17.2 Å². The number of nitrogens with two attached hydrogens (primary N) is 1. The molecule has 47 heavy (non-hydrogen) atoms. The third-order valence-electron chi connectivity index (χ3n) is 8.10. The van der Waals surface area contributed by atoms with Crippen molar-refractivity contribution in [3.05, 3.63) is 94.5 Å². The largest absolute Gasteiger partial charge is 0.497 e. The standard InChI is InChI=1S/C36H43ClN6O4/c1-23-41-42-34-30(40-33(24-7-9-25(37)10-8-24)29-21-28(45-6)15-16-31(29)43(23)34)22-32(44)39-26-11-13-27(14-12-26)47-36(4,5)18-20-46-35(2,3)17-19-38/h7-16,21,30H,17-20,22,38H2,1-6H3,(H,39,44)/t30-/m0/s1. The number of benzene rings is 3. The highest BCUT2D eigenvalue weighted by atomic mass is 35.5. The van der Waals surface area contributed by atoms with Crippen molar-refractivity contribution >= 4 is 28.9 Å². The predicted molar refractivity (Wildman–Crippen MR) is 185 cm³/mol. The van der Waals surface area contributed by atoms with Crippen LogP contribution >= 0.6 is 11.6 Å². The highest BCUT2D eigenvalue weighted by Gasteiger charge is 2.30. The molecule has 5 rings (SSSR count). The first-order chi connectivity index (χ1) is 22.4. The van der Waals surface area contributed by atoms with Crippen molar-refractivity contribution in [3.63, 3.8) is 0 Å². The molecule has 1 aliphatic heterocycles. The number of carbonyl (C=O) groups is 1. The first-order valence-corrected chi connectivity index (χ1v) is 16.1. The van der Waals surface area contributed by atoms with Gasteiger partial charge >= 0.3 is 0 Å². The molecule has 0 aliphatic carbocycles. The number of aromatic nitrogens is 3. The molecule has 2 heterocycles. The normalized spacial score (nSPS) is 14.5. The first kappa shape index (κ1) is 34.1. The van der Waals surface area contributed by atoms with Gasteiger partial charge in [-0.1, -0.05) is 23.7 Å². The molecule has 0 bridgehead atoms. The highest BCUT2D eigenvalue weighted by molar-refractivity contribution is 6.30. The molecule has 1 amide bonds. The van der Waals surface area contributed by atoms with Crippen molar-refractivity contribution < 1.29 is 19.0 Å². The Hall–Kier alpha value is -4.25. The molecule has 4 aromatic rings.